The lowest BCUT2D eigenvalue weighted by molar-refractivity contribution is -0.123. The molecule has 30 heavy (non-hydrogen) atoms. The molecule has 0 saturated heterocycles. The summed E-state index contributed by atoms with van der Waals surface area (Å²) in [6.45, 7) is 17.5. The number of nitrogens with one attached hydrogen (secondary N) is 1. The number of ether oxygens (including phenoxy) is 1. The largest absolute Gasteiger partial charge is 0.484 e. The van der Waals surface area contributed by atoms with Crippen molar-refractivity contribution in [3.63, 3.8) is 0 Å². The molecule has 1 unspecified atom stereocenters. The zero-order valence-corrected chi connectivity index (χ0v) is 19.7. The predicted octanol–water partition coefficient (Wildman–Crippen LogP) is 5.18. The Morgan fingerprint density at radius 1 is 1.00 bits per heavy atom. The van der Waals surface area contributed by atoms with Crippen LogP contribution in [0.3, 0.4) is 0 Å². The van der Waals surface area contributed by atoms with Crippen LogP contribution in [0.4, 0.5) is 0 Å². The molecule has 0 aromatic heterocycles. The van der Waals surface area contributed by atoms with Crippen molar-refractivity contribution in [2.45, 2.75) is 59.9 Å². The fourth-order valence-electron chi connectivity index (χ4n) is 3.54. The van der Waals surface area contributed by atoms with Crippen LogP contribution in [0.1, 0.15) is 62.9 Å². The fourth-order valence-corrected chi connectivity index (χ4v) is 3.54. The van der Waals surface area contributed by atoms with Crippen molar-refractivity contribution in [2.24, 2.45) is 0 Å². The summed E-state index contributed by atoms with van der Waals surface area (Å²) in [5.41, 5.74) is 5.04. The first-order valence-corrected chi connectivity index (χ1v) is 11.0. The minimum Gasteiger partial charge on any atom is -0.484 e. The first kappa shape index (κ1) is 23.9. The van der Waals surface area contributed by atoms with E-state index in [0.29, 0.717) is 6.54 Å². The van der Waals surface area contributed by atoms with E-state index in [2.05, 4.69) is 76.0 Å². The van der Waals surface area contributed by atoms with E-state index < -0.39 is 0 Å². The van der Waals surface area contributed by atoms with Gasteiger partial charge in [-0.15, -0.1) is 0 Å². The van der Waals surface area contributed by atoms with Crippen LogP contribution in [0.15, 0.2) is 42.5 Å². The van der Waals surface area contributed by atoms with Crippen LogP contribution in [0.25, 0.3) is 0 Å². The topological polar surface area (TPSA) is 41.6 Å². The highest BCUT2D eigenvalue weighted by atomic mass is 16.5. The van der Waals surface area contributed by atoms with Gasteiger partial charge < -0.3 is 10.1 Å². The van der Waals surface area contributed by atoms with E-state index in [4.69, 9.17) is 4.74 Å². The van der Waals surface area contributed by atoms with Crippen molar-refractivity contribution in [1.29, 1.82) is 0 Å². The maximum absolute atomic E-state index is 12.4. The molecule has 4 nitrogen and oxygen atoms in total. The van der Waals surface area contributed by atoms with Gasteiger partial charge in [0, 0.05) is 6.54 Å². The number of carbonyl (C=O) groups excluding carboxylic acids is 1. The molecule has 0 aliphatic heterocycles. The average molecular weight is 411 g/mol. The molecule has 0 aliphatic rings. The molecule has 0 spiro atoms. The second-order valence-corrected chi connectivity index (χ2v) is 8.95. The molecular formula is C26H38N2O2. The number of carbonyl (C=O) groups is 1. The number of amides is 1. The molecule has 2 aromatic carbocycles. The SMILES string of the molecule is CCN(CC)C(CNC(=O)COc1ccc(C)c(C)c1)c1ccc(C(C)(C)C)cc1. The van der Waals surface area contributed by atoms with Crippen molar-refractivity contribution in [2.75, 3.05) is 26.2 Å². The third-order valence-electron chi connectivity index (χ3n) is 5.76. The summed E-state index contributed by atoms with van der Waals surface area (Å²) in [6, 6.07) is 14.8. The van der Waals surface area contributed by atoms with E-state index in [9.17, 15) is 4.79 Å². The van der Waals surface area contributed by atoms with Crippen molar-refractivity contribution < 1.29 is 9.53 Å². The summed E-state index contributed by atoms with van der Waals surface area (Å²) in [4.78, 5) is 14.8. The lowest BCUT2D eigenvalue weighted by Gasteiger charge is -2.31. The average Bonchev–Trinajstić information content (AvgIpc) is 2.71. The van der Waals surface area contributed by atoms with Gasteiger partial charge in [0.1, 0.15) is 5.75 Å². The maximum Gasteiger partial charge on any atom is 0.258 e. The number of nitrogens with zero attached hydrogens (tertiary/aromatic N) is 1. The summed E-state index contributed by atoms with van der Waals surface area (Å²) >= 11 is 0. The standard InChI is InChI=1S/C26H38N2O2/c1-8-28(9-2)24(21-11-13-22(14-12-21)26(5,6)7)17-27-25(29)18-30-23-15-10-19(3)20(4)16-23/h10-16,24H,8-9,17-18H2,1-7H3,(H,27,29). The third kappa shape index (κ3) is 6.60. The Bertz CT molecular complexity index is 818. The van der Waals surface area contributed by atoms with Crippen molar-refractivity contribution >= 4 is 5.91 Å². The number of benzene rings is 2. The molecule has 0 fully saturated rings. The van der Waals surface area contributed by atoms with Crippen LogP contribution in [0, 0.1) is 13.8 Å². The number of hydrogen-bond acceptors (Lipinski definition) is 3. The number of aryl methyl sites for hydroxylation is 2. The molecular weight excluding hydrogens is 372 g/mol. The van der Waals surface area contributed by atoms with Gasteiger partial charge in [-0.25, -0.2) is 0 Å². The van der Waals surface area contributed by atoms with Gasteiger partial charge in [0.25, 0.3) is 5.91 Å². The van der Waals surface area contributed by atoms with Gasteiger partial charge >= 0.3 is 0 Å². The molecule has 1 amide bonds. The molecule has 1 N–H and O–H groups in total. The first-order chi connectivity index (χ1) is 14.2. The Balaban J connectivity index is 2.02. The molecule has 0 heterocycles. The molecule has 0 aliphatic carbocycles. The summed E-state index contributed by atoms with van der Waals surface area (Å²) in [7, 11) is 0. The smallest absolute Gasteiger partial charge is 0.258 e. The van der Waals surface area contributed by atoms with Crippen LogP contribution in [0.5, 0.6) is 5.75 Å². The highest BCUT2D eigenvalue weighted by molar-refractivity contribution is 5.77. The molecule has 0 saturated carbocycles. The zero-order chi connectivity index (χ0) is 22.3. The van der Waals surface area contributed by atoms with Gasteiger partial charge in [-0.3, -0.25) is 9.69 Å². The molecule has 164 valence electrons. The van der Waals surface area contributed by atoms with Gasteiger partial charge in [-0.1, -0.05) is 65.0 Å². The Labute approximate surface area is 182 Å². The van der Waals surface area contributed by atoms with Crippen molar-refractivity contribution in [3.05, 3.63) is 64.7 Å². The van der Waals surface area contributed by atoms with E-state index in [1.54, 1.807) is 0 Å². The first-order valence-electron chi connectivity index (χ1n) is 11.0. The molecule has 4 heteroatoms. The minimum absolute atomic E-state index is 0.0242. The van der Waals surface area contributed by atoms with Gasteiger partial charge in [0.05, 0.1) is 6.04 Å². The third-order valence-corrected chi connectivity index (χ3v) is 5.76. The molecule has 1 atom stereocenters. The van der Waals surface area contributed by atoms with E-state index in [-0.39, 0.29) is 24.0 Å². The Hall–Kier alpha value is -2.33. The molecule has 2 aromatic rings. The quantitative estimate of drug-likeness (QED) is 0.619. The normalized spacial score (nSPS) is 12.7. The van der Waals surface area contributed by atoms with E-state index in [0.717, 1.165) is 24.4 Å². The Morgan fingerprint density at radius 3 is 2.17 bits per heavy atom. The van der Waals surface area contributed by atoms with Crippen LogP contribution in [-0.2, 0) is 10.2 Å². The fraction of sp³-hybridized carbons (Fsp3) is 0.500. The lowest BCUT2D eigenvalue weighted by Crippen LogP contribution is -2.39. The van der Waals surface area contributed by atoms with Crippen LogP contribution < -0.4 is 10.1 Å². The molecule has 0 radical (unpaired) electrons. The second kappa shape index (κ2) is 10.6. The predicted molar refractivity (Wildman–Crippen MR) is 125 cm³/mol. The molecule has 0 bridgehead atoms. The highest BCUT2D eigenvalue weighted by Gasteiger charge is 2.20. The van der Waals surface area contributed by atoms with Crippen molar-refractivity contribution in [3.8, 4) is 5.75 Å². The highest BCUT2D eigenvalue weighted by Crippen LogP contribution is 2.26. The van der Waals surface area contributed by atoms with Gasteiger partial charge in [-0.2, -0.15) is 0 Å². The lowest BCUT2D eigenvalue weighted by atomic mass is 9.86. The van der Waals surface area contributed by atoms with Gasteiger partial charge in [-0.05, 0) is 66.7 Å². The summed E-state index contributed by atoms with van der Waals surface area (Å²) < 4.78 is 5.68. The van der Waals surface area contributed by atoms with Crippen LogP contribution in [0.2, 0.25) is 0 Å². The van der Waals surface area contributed by atoms with E-state index in [1.807, 2.05) is 25.1 Å². The Kier molecular flexibility index (Phi) is 8.48. The summed E-state index contributed by atoms with van der Waals surface area (Å²) in [5.74, 6) is 0.628. The summed E-state index contributed by atoms with van der Waals surface area (Å²) in [6.07, 6.45) is 0. The monoisotopic (exact) mass is 410 g/mol. The second-order valence-electron chi connectivity index (χ2n) is 8.95. The van der Waals surface area contributed by atoms with Gasteiger partial charge in [0.15, 0.2) is 6.61 Å². The zero-order valence-electron chi connectivity index (χ0n) is 19.7. The van der Waals surface area contributed by atoms with Crippen LogP contribution in [-0.4, -0.2) is 37.0 Å². The number of rotatable bonds is 9. The maximum atomic E-state index is 12.4. The van der Waals surface area contributed by atoms with Gasteiger partial charge in [0.2, 0.25) is 0 Å². The number of hydrogen-bond donors (Lipinski definition) is 1. The van der Waals surface area contributed by atoms with E-state index >= 15 is 0 Å². The molecule has 2 rings (SSSR count). The number of likely N-dealkylation sites (N-methyl/N-ethyl adjacent to an activating group) is 1. The van der Waals surface area contributed by atoms with Crippen LogP contribution >= 0.6 is 0 Å². The summed E-state index contributed by atoms with van der Waals surface area (Å²) in [5, 5.41) is 3.07. The van der Waals surface area contributed by atoms with Crippen molar-refractivity contribution in [1.82, 2.24) is 10.2 Å². The van der Waals surface area contributed by atoms with E-state index in [1.165, 1.54) is 16.7 Å². The minimum atomic E-state index is -0.100. The Morgan fingerprint density at radius 2 is 1.63 bits per heavy atom.